The molecule has 0 spiro atoms. The Morgan fingerprint density at radius 1 is 1.07 bits per heavy atom. The molecule has 4 rings (SSSR count). The number of aromatic nitrogens is 1. The molecular weight excluding hydrogens is 386 g/mol. The molecule has 1 heterocycles. The van der Waals surface area contributed by atoms with E-state index in [2.05, 4.69) is 27.8 Å². The molecular formula is C23H24ClN3O2. The number of rotatable bonds is 6. The minimum Gasteiger partial charge on any atom is -0.358 e. The van der Waals surface area contributed by atoms with Crippen LogP contribution in [-0.4, -0.2) is 28.7 Å². The predicted octanol–water partition coefficient (Wildman–Crippen LogP) is 3.63. The van der Waals surface area contributed by atoms with Crippen LogP contribution in [0.1, 0.15) is 35.7 Å². The first-order valence-electron chi connectivity index (χ1n) is 9.92. The summed E-state index contributed by atoms with van der Waals surface area (Å²) in [6, 6.07) is 17.5. The van der Waals surface area contributed by atoms with Gasteiger partial charge in [0.1, 0.15) is 5.88 Å². The van der Waals surface area contributed by atoms with E-state index in [9.17, 15) is 9.59 Å². The number of hydrogen-bond acceptors (Lipinski definition) is 2. The summed E-state index contributed by atoms with van der Waals surface area (Å²) in [5, 5.41) is 7.25. The summed E-state index contributed by atoms with van der Waals surface area (Å²) >= 11 is 5.64. The van der Waals surface area contributed by atoms with Crippen LogP contribution >= 0.6 is 11.6 Å². The average Bonchev–Trinajstić information content (AvgIpc) is 3.12. The highest BCUT2D eigenvalue weighted by atomic mass is 35.5. The molecule has 3 aromatic rings. The van der Waals surface area contributed by atoms with E-state index in [1.54, 1.807) is 0 Å². The first kappa shape index (κ1) is 19.5. The number of aromatic amines is 1. The number of alkyl halides is 1. The van der Waals surface area contributed by atoms with Crippen molar-refractivity contribution in [1.29, 1.82) is 0 Å². The SMILES string of the molecule is O=C(CC(NC(=O)CCl)c1ccccc1)NC1CCc2[nH]c3ccccc3c2C1. The highest BCUT2D eigenvalue weighted by Crippen LogP contribution is 2.29. The van der Waals surface area contributed by atoms with Gasteiger partial charge in [-0.1, -0.05) is 48.5 Å². The Hall–Kier alpha value is -2.79. The normalized spacial score (nSPS) is 16.8. The number of benzene rings is 2. The van der Waals surface area contributed by atoms with Crippen LogP contribution in [0.25, 0.3) is 10.9 Å². The molecule has 1 aliphatic rings. The van der Waals surface area contributed by atoms with E-state index < -0.39 is 6.04 Å². The van der Waals surface area contributed by atoms with E-state index in [4.69, 9.17) is 11.6 Å². The fourth-order valence-corrected chi connectivity index (χ4v) is 4.21. The summed E-state index contributed by atoms with van der Waals surface area (Å²) < 4.78 is 0. The molecule has 150 valence electrons. The van der Waals surface area contributed by atoms with Crippen molar-refractivity contribution in [3.05, 3.63) is 71.4 Å². The molecule has 0 radical (unpaired) electrons. The van der Waals surface area contributed by atoms with Gasteiger partial charge in [-0.15, -0.1) is 11.6 Å². The number of amides is 2. The van der Waals surface area contributed by atoms with Gasteiger partial charge in [0.2, 0.25) is 11.8 Å². The Balaban J connectivity index is 1.43. The van der Waals surface area contributed by atoms with Crippen molar-refractivity contribution in [3.8, 4) is 0 Å². The van der Waals surface area contributed by atoms with Gasteiger partial charge in [-0.25, -0.2) is 0 Å². The lowest BCUT2D eigenvalue weighted by atomic mass is 9.91. The number of carbonyl (C=O) groups is 2. The van der Waals surface area contributed by atoms with Gasteiger partial charge in [0, 0.05) is 22.6 Å². The van der Waals surface area contributed by atoms with E-state index in [0.29, 0.717) is 0 Å². The van der Waals surface area contributed by atoms with Crippen molar-refractivity contribution in [2.24, 2.45) is 0 Å². The minimum atomic E-state index is -0.394. The predicted molar refractivity (Wildman–Crippen MR) is 115 cm³/mol. The number of halogens is 1. The number of nitrogens with one attached hydrogen (secondary N) is 3. The largest absolute Gasteiger partial charge is 0.358 e. The van der Waals surface area contributed by atoms with Crippen molar-refractivity contribution in [1.82, 2.24) is 15.6 Å². The molecule has 5 nitrogen and oxygen atoms in total. The van der Waals surface area contributed by atoms with Crippen LogP contribution in [0.4, 0.5) is 0 Å². The summed E-state index contributed by atoms with van der Waals surface area (Å²) in [6.07, 6.45) is 2.81. The van der Waals surface area contributed by atoms with Crippen LogP contribution < -0.4 is 10.6 Å². The molecule has 0 saturated carbocycles. The monoisotopic (exact) mass is 409 g/mol. The second kappa shape index (κ2) is 8.70. The summed E-state index contributed by atoms with van der Waals surface area (Å²) in [7, 11) is 0. The molecule has 0 fully saturated rings. The van der Waals surface area contributed by atoms with Crippen molar-refractivity contribution in [2.75, 3.05) is 5.88 Å². The van der Waals surface area contributed by atoms with Gasteiger partial charge in [0.15, 0.2) is 0 Å². The van der Waals surface area contributed by atoms with Crippen LogP contribution in [0, 0.1) is 0 Å². The Morgan fingerprint density at radius 3 is 2.62 bits per heavy atom. The lowest BCUT2D eigenvalue weighted by molar-refractivity contribution is -0.123. The molecule has 6 heteroatoms. The van der Waals surface area contributed by atoms with E-state index in [-0.39, 0.29) is 30.2 Å². The molecule has 0 bridgehead atoms. The molecule has 3 N–H and O–H groups in total. The first-order valence-corrected chi connectivity index (χ1v) is 10.5. The Labute approximate surface area is 174 Å². The number of hydrogen-bond donors (Lipinski definition) is 3. The summed E-state index contributed by atoms with van der Waals surface area (Å²) in [4.78, 5) is 28.1. The van der Waals surface area contributed by atoms with E-state index in [0.717, 1.165) is 30.3 Å². The van der Waals surface area contributed by atoms with Crippen LogP contribution in [0.15, 0.2) is 54.6 Å². The molecule has 2 aromatic carbocycles. The fraction of sp³-hybridized carbons (Fsp3) is 0.304. The highest BCUT2D eigenvalue weighted by Gasteiger charge is 2.25. The summed E-state index contributed by atoms with van der Waals surface area (Å²) in [5.74, 6) is -0.479. The van der Waals surface area contributed by atoms with Gasteiger partial charge >= 0.3 is 0 Å². The van der Waals surface area contributed by atoms with Gasteiger partial charge in [0.05, 0.1) is 12.5 Å². The van der Waals surface area contributed by atoms with Crippen molar-refractivity contribution < 1.29 is 9.59 Å². The Kier molecular flexibility index (Phi) is 5.86. The van der Waals surface area contributed by atoms with Crippen LogP contribution in [-0.2, 0) is 22.4 Å². The first-order chi connectivity index (χ1) is 14.1. The lowest BCUT2D eigenvalue weighted by Crippen LogP contribution is -2.41. The molecule has 0 saturated heterocycles. The van der Waals surface area contributed by atoms with Crippen molar-refractivity contribution >= 4 is 34.3 Å². The van der Waals surface area contributed by atoms with Crippen LogP contribution in [0.3, 0.4) is 0 Å². The molecule has 29 heavy (non-hydrogen) atoms. The standard InChI is InChI=1S/C23H24ClN3O2/c24-14-23(29)27-21(15-6-2-1-3-7-15)13-22(28)25-16-10-11-20-18(12-16)17-8-4-5-9-19(17)26-20/h1-9,16,21,26H,10-14H2,(H,25,28)(H,27,29). The summed E-state index contributed by atoms with van der Waals surface area (Å²) in [5.41, 5.74) is 4.61. The number of carbonyl (C=O) groups excluding carboxylic acids is 2. The third kappa shape index (κ3) is 4.46. The molecule has 2 atom stereocenters. The molecule has 0 aliphatic heterocycles. The highest BCUT2D eigenvalue weighted by molar-refractivity contribution is 6.27. The maximum absolute atomic E-state index is 12.8. The van der Waals surface area contributed by atoms with Crippen molar-refractivity contribution in [2.45, 2.75) is 37.8 Å². The second-order valence-corrected chi connectivity index (χ2v) is 7.77. The minimum absolute atomic E-state index is 0.0676. The van der Waals surface area contributed by atoms with E-state index in [1.165, 1.54) is 16.6 Å². The van der Waals surface area contributed by atoms with Gasteiger partial charge in [-0.05, 0) is 36.5 Å². The van der Waals surface area contributed by atoms with Gasteiger partial charge in [-0.3, -0.25) is 9.59 Å². The van der Waals surface area contributed by atoms with Gasteiger partial charge in [0.25, 0.3) is 0 Å². The molecule has 2 unspecified atom stereocenters. The zero-order chi connectivity index (χ0) is 20.2. The second-order valence-electron chi connectivity index (χ2n) is 7.50. The number of fused-ring (bicyclic) bond motifs is 3. The van der Waals surface area contributed by atoms with Crippen LogP contribution in [0.2, 0.25) is 0 Å². The Bertz CT molecular complexity index is 1020. The maximum atomic E-state index is 12.8. The third-order valence-electron chi connectivity index (χ3n) is 5.51. The number of para-hydroxylation sites is 1. The topological polar surface area (TPSA) is 74.0 Å². The van der Waals surface area contributed by atoms with Gasteiger partial charge in [-0.2, -0.15) is 0 Å². The lowest BCUT2D eigenvalue weighted by Gasteiger charge is -2.25. The zero-order valence-corrected chi connectivity index (χ0v) is 16.8. The third-order valence-corrected chi connectivity index (χ3v) is 5.75. The maximum Gasteiger partial charge on any atom is 0.235 e. The van der Waals surface area contributed by atoms with Gasteiger partial charge < -0.3 is 15.6 Å². The molecule has 2 amide bonds. The smallest absolute Gasteiger partial charge is 0.235 e. The van der Waals surface area contributed by atoms with E-state index in [1.807, 2.05) is 42.5 Å². The quantitative estimate of drug-likeness (QED) is 0.544. The fourth-order valence-electron chi connectivity index (χ4n) is 4.14. The van der Waals surface area contributed by atoms with Crippen molar-refractivity contribution in [3.63, 3.8) is 0 Å². The number of aryl methyl sites for hydroxylation is 1. The van der Waals surface area contributed by atoms with E-state index >= 15 is 0 Å². The Morgan fingerprint density at radius 2 is 1.83 bits per heavy atom. The zero-order valence-electron chi connectivity index (χ0n) is 16.1. The average molecular weight is 410 g/mol. The molecule has 1 aromatic heterocycles. The summed E-state index contributed by atoms with van der Waals surface area (Å²) in [6.45, 7) is 0. The van der Waals surface area contributed by atoms with Crippen LogP contribution in [0.5, 0.6) is 0 Å². The number of H-pyrrole nitrogens is 1. The molecule has 1 aliphatic carbocycles.